The van der Waals surface area contributed by atoms with Gasteiger partial charge < -0.3 is 10.4 Å². The van der Waals surface area contributed by atoms with Gasteiger partial charge in [0.15, 0.2) is 17.5 Å². The van der Waals surface area contributed by atoms with E-state index in [1.807, 2.05) is 0 Å². The number of halogens is 4. The van der Waals surface area contributed by atoms with Crippen molar-refractivity contribution in [3.05, 3.63) is 116 Å². The number of rotatable bonds is 7. The van der Waals surface area contributed by atoms with Crippen LogP contribution in [0.4, 0.5) is 24.8 Å². The summed E-state index contributed by atoms with van der Waals surface area (Å²) < 4.78 is 45.2. The zero-order chi connectivity index (χ0) is 29.5. The van der Waals surface area contributed by atoms with E-state index in [4.69, 9.17) is 11.6 Å². The average Bonchev–Trinajstić information content (AvgIpc) is 3.35. The molecule has 0 fully saturated rings. The van der Waals surface area contributed by atoms with E-state index in [0.29, 0.717) is 21.7 Å². The van der Waals surface area contributed by atoms with E-state index in [0.717, 1.165) is 21.3 Å². The highest BCUT2D eigenvalue weighted by molar-refractivity contribution is 6.34. The maximum absolute atomic E-state index is 14.1. The van der Waals surface area contributed by atoms with E-state index < -0.39 is 35.4 Å². The first-order chi connectivity index (χ1) is 20.2. The van der Waals surface area contributed by atoms with Gasteiger partial charge in [-0.15, -0.1) is 0 Å². The van der Waals surface area contributed by atoms with Crippen LogP contribution in [-0.4, -0.2) is 40.6 Å². The fraction of sp³-hybridized carbons (Fsp3) is 0.107. The maximum Gasteiger partial charge on any atom is 0.359 e. The number of nitrogens with zero attached hydrogens (tertiary/aromatic N) is 6. The first kappa shape index (κ1) is 27.2. The van der Waals surface area contributed by atoms with E-state index in [1.54, 1.807) is 48.8 Å². The summed E-state index contributed by atoms with van der Waals surface area (Å²) in [6, 6.07) is 11.6. The zero-order valence-electron chi connectivity index (χ0n) is 21.4. The van der Waals surface area contributed by atoms with Crippen LogP contribution < -0.4 is 16.7 Å². The predicted molar refractivity (Wildman–Crippen MR) is 150 cm³/mol. The van der Waals surface area contributed by atoms with Gasteiger partial charge in [-0.3, -0.25) is 14.2 Å². The summed E-state index contributed by atoms with van der Waals surface area (Å²) in [5, 5.41) is 18.4. The number of benzene rings is 3. The van der Waals surface area contributed by atoms with Crippen molar-refractivity contribution in [1.29, 1.82) is 0 Å². The van der Waals surface area contributed by atoms with Gasteiger partial charge in [0.1, 0.15) is 0 Å². The third-order valence-corrected chi connectivity index (χ3v) is 6.87. The third-order valence-electron chi connectivity index (χ3n) is 6.56. The van der Waals surface area contributed by atoms with Gasteiger partial charge in [-0.05, 0) is 29.8 Å². The minimum Gasteiger partial charge on any atom is -0.394 e. The molecule has 0 radical (unpaired) electrons. The molecule has 3 aromatic carbocycles. The molecule has 10 nitrogen and oxygen atoms in total. The average molecular weight is 594 g/mol. The quantitative estimate of drug-likeness (QED) is 0.267. The monoisotopic (exact) mass is 593 g/mol. The molecule has 3 heterocycles. The van der Waals surface area contributed by atoms with Crippen LogP contribution in [0.2, 0.25) is 5.02 Å². The Morgan fingerprint density at radius 1 is 0.976 bits per heavy atom. The van der Waals surface area contributed by atoms with Crippen molar-refractivity contribution in [2.75, 3.05) is 11.9 Å². The van der Waals surface area contributed by atoms with Gasteiger partial charge in [0.05, 0.1) is 47.8 Å². The largest absolute Gasteiger partial charge is 0.394 e. The number of nitrogens with one attached hydrogen (secondary N) is 1. The molecule has 42 heavy (non-hydrogen) atoms. The lowest BCUT2D eigenvalue weighted by Crippen LogP contribution is -2.42. The lowest BCUT2D eigenvalue weighted by Gasteiger charge is -2.17. The Morgan fingerprint density at radius 2 is 1.74 bits per heavy atom. The highest BCUT2D eigenvalue weighted by Crippen LogP contribution is 2.30. The van der Waals surface area contributed by atoms with Gasteiger partial charge in [-0.2, -0.15) is 10.1 Å². The first-order valence-electron chi connectivity index (χ1n) is 12.5. The minimum atomic E-state index is -1.66. The second-order valence-corrected chi connectivity index (χ2v) is 9.71. The zero-order valence-corrected chi connectivity index (χ0v) is 22.2. The van der Waals surface area contributed by atoms with Crippen molar-refractivity contribution in [3.8, 4) is 5.69 Å². The van der Waals surface area contributed by atoms with E-state index in [-0.39, 0.29) is 41.1 Å². The van der Waals surface area contributed by atoms with Gasteiger partial charge in [0.25, 0.3) is 0 Å². The molecule has 2 N–H and O–H groups in total. The van der Waals surface area contributed by atoms with Gasteiger partial charge >= 0.3 is 11.4 Å². The maximum atomic E-state index is 14.1. The Hall–Kier alpha value is -5.01. The summed E-state index contributed by atoms with van der Waals surface area (Å²) in [6.07, 6.45) is 4.57. The molecule has 6 aromatic rings. The molecule has 3 aromatic heterocycles. The molecule has 0 bridgehead atoms. The number of aliphatic hydroxyl groups excluding tert-OH is 1. The van der Waals surface area contributed by atoms with Crippen LogP contribution in [0.15, 0.2) is 76.7 Å². The summed E-state index contributed by atoms with van der Waals surface area (Å²) in [4.78, 5) is 35.5. The van der Waals surface area contributed by atoms with Crippen LogP contribution in [0, 0.1) is 17.5 Å². The fourth-order valence-corrected chi connectivity index (χ4v) is 4.83. The molecular weight excluding hydrogens is 575 g/mol. The van der Waals surface area contributed by atoms with E-state index in [1.165, 1.54) is 10.9 Å². The molecule has 0 aliphatic carbocycles. The van der Waals surface area contributed by atoms with Crippen molar-refractivity contribution in [2.45, 2.75) is 13.1 Å². The number of aliphatic hydroxyl groups is 1. The Bertz CT molecular complexity index is 2100. The molecule has 0 saturated heterocycles. The number of fused-ring (bicyclic) bond motifs is 2. The Morgan fingerprint density at radius 3 is 2.50 bits per heavy atom. The third kappa shape index (κ3) is 4.88. The topological polar surface area (TPSA) is 120 Å². The molecule has 0 saturated carbocycles. The molecule has 0 aliphatic heterocycles. The summed E-state index contributed by atoms with van der Waals surface area (Å²) in [7, 11) is 0. The summed E-state index contributed by atoms with van der Waals surface area (Å²) in [5.41, 5.74) is -1.06. The van der Waals surface area contributed by atoms with Crippen LogP contribution >= 0.6 is 11.6 Å². The predicted octanol–water partition coefficient (Wildman–Crippen LogP) is 4.15. The minimum absolute atomic E-state index is 0.105. The first-order valence-corrected chi connectivity index (χ1v) is 12.9. The number of hydrogen-bond donors (Lipinski definition) is 2. The van der Waals surface area contributed by atoms with Gasteiger partial charge in [0.2, 0.25) is 5.95 Å². The molecule has 14 heteroatoms. The number of aromatic nitrogens is 6. The molecule has 0 unspecified atom stereocenters. The lowest BCUT2D eigenvalue weighted by atomic mass is 10.1. The molecule has 0 spiro atoms. The second kappa shape index (κ2) is 10.8. The second-order valence-electron chi connectivity index (χ2n) is 9.31. The number of anilines is 2. The molecule has 212 valence electrons. The summed E-state index contributed by atoms with van der Waals surface area (Å²) in [6.45, 7) is -0.368. The van der Waals surface area contributed by atoms with Crippen LogP contribution in [0.1, 0.15) is 5.56 Å². The van der Waals surface area contributed by atoms with Crippen LogP contribution in [0.5, 0.6) is 0 Å². The van der Waals surface area contributed by atoms with Crippen molar-refractivity contribution < 1.29 is 18.3 Å². The Labute approximate surface area is 238 Å². The molecule has 6 rings (SSSR count). The molecule has 0 aliphatic rings. The Kier molecular flexibility index (Phi) is 6.96. The van der Waals surface area contributed by atoms with Crippen LogP contribution in [0.3, 0.4) is 0 Å². The van der Waals surface area contributed by atoms with Crippen molar-refractivity contribution in [2.24, 2.45) is 0 Å². The Balaban J connectivity index is 1.54. The summed E-state index contributed by atoms with van der Waals surface area (Å²) in [5.74, 6) is -4.83. The lowest BCUT2D eigenvalue weighted by molar-refractivity contribution is 0.270. The van der Waals surface area contributed by atoms with Crippen molar-refractivity contribution in [3.63, 3.8) is 0 Å². The fourth-order valence-electron chi connectivity index (χ4n) is 4.63. The highest BCUT2D eigenvalue weighted by Gasteiger charge is 2.20. The molecule has 0 atom stereocenters. The molecule has 0 amide bonds. The smallest absolute Gasteiger partial charge is 0.359 e. The van der Waals surface area contributed by atoms with Crippen molar-refractivity contribution >= 4 is 44.9 Å². The SMILES string of the molecule is O=c1nc(Nc2cc3cn(CCO)nc3cc2Cl)n(Cc2cc(F)c(F)c(F)c2)c(=O)n1-c1cncc2ccccc12. The number of hydrogen-bond acceptors (Lipinski definition) is 7. The van der Waals surface area contributed by atoms with E-state index >= 15 is 0 Å². The van der Waals surface area contributed by atoms with Crippen molar-refractivity contribution in [1.82, 2.24) is 28.9 Å². The highest BCUT2D eigenvalue weighted by atomic mass is 35.5. The van der Waals surface area contributed by atoms with Gasteiger partial charge in [-0.1, -0.05) is 35.9 Å². The molecular formula is C28H19ClF3N7O3. The number of pyridine rings is 1. The normalized spacial score (nSPS) is 11.5. The van der Waals surface area contributed by atoms with Gasteiger partial charge in [0, 0.05) is 28.6 Å². The summed E-state index contributed by atoms with van der Waals surface area (Å²) >= 11 is 6.47. The standard InChI is InChI=1S/C28H19ClF3N7O3/c29-19-10-22-17(14-37(36-22)5-6-40)9-23(19)34-26-35-27(41)39(24-12-33-11-16-3-1-2-4-18(16)24)28(42)38(26)13-15-7-20(30)25(32)21(31)8-15/h1-4,7-12,14,40H,5-6,13H2,(H,34,35,41). The van der Waals surface area contributed by atoms with Crippen LogP contribution in [-0.2, 0) is 13.1 Å². The van der Waals surface area contributed by atoms with E-state index in [2.05, 4.69) is 20.4 Å². The van der Waals surface area contributed by atoms with E-state index in [9.17, 15) is 27.9 Å². The van der Waals surface area contributed by atoms with Crippen LogP contribution in [0.25, 0.3) is 27.4 Å². The van der Waals surface area contributed by atoms with Gasteiger partial charge in [-0.25, -0.2) is 27.3 Å².